The van der Waals surface area contributed by atoms with Crippen LogP contribution in [0.25, 0.3) is 65.9 Å². The van der Waals surface area contributed by atoms with Gasteiger partial charge < -0.3 is 19.4 Å². The van der Waals surface area contributed by atoms with Gasteiger partial charge in [0.15, 0.2) is 0 Å². The van der Waals surface area contributed by atoms with Crippen LogP contribution in [0.15, 0.2) is 97.1 Å². The van der Waals surface area contributed by atoms with E-state index in [-0.39, 0.29) is 0 Å². The van der Waals surface area contributed by atoms with Crippen molar-refractivity contribution in [2.75, 3.05) is 14.2 Å². The molecule has 4 heteroatoms. The lowest BCUT2D eigenvalue weighted by Crippen LogP contribution is -1.92. The van der Waals surface area contributed by atoms with Gasteiger partial charge in [-0.25, -0.2) is 0 Å². The fourth-order valence-corrected chi connectivity index (χ4v) is 5.56. The summed E-state index contributed by atoms with van der Waals surface area (Å²) >= 11 is 0. The minimum atomic E-state index is 0.826. The van der Waals surface area contributed by atoms with Crippen molar-refractivity contribution >= 4 is 43.6 Å². The SMILES string of the molecule is COc1cccc(-c2c(-c3cccc(OC)c3)c3c4ccccc4[nH]c3c3c2[nH]c2ccccc23)c1. The van der Waals surface area contributed by atoms with E-state index in [9.17, 15) is 0 Å². The third-order valence-electron chi connectivity index (χ3n) is 7.13. The van der Waals surface area contributed by atoms with E-state index in [2.05, 4.69) is 94.9 Å². The average molecular weight is 469 g/mol. The molecule has 36 heavy (non-hydrogen) atoms. The van der Waals surface area contributed by atoms with Gasteiger partial charge in [-0.2, -0.15) is 0 Å². The molecule has 0 unspecified atom stereocenters. The first-order valence-corrected chi connectivity index (χ1v) is 12.0. The first-order chi connectivity index (χ1) is 17.8. The summed E-state index contributed by atoms with van der Waals surface area (Å²) in [6.07, 6.45) is 0. The molecular weight excluding hydrogens is 444 g/mol. The molecule has 0 spiro atoms. The minimum Gasteiger partial charge on any atom is -0.497 e. The molecule has 2 N–H and O–H groups in total. The van der Waals surface area contributed by atoms with Gasteiger partial charge in [-0.05, 0) is 47.5 Å². The summed E-state index contributed by atoms with van der Waals surface area (Å²) in [5, 5.41) is 4.79. The zero-order valence-electron chi connectivity index (χ0n) is 20.1. The van der Waals surface area contributed by atoms with Crippen LogP contribution >= 0.6 is 0 Å². The predicted octanol–water partition coefficient (Wildman–Crippen LogP) is 8.31. The Kier molecular flexibility index (Phi) is 4.55. The summed E-state index contributed by atoms with van der Waals surface area (Å²) in [4.78, 5) is 7.53. The van der Waals surface area contributed by atoms with E-state index < -0.39 is 0 Å². The van der Waals surface area contributed by atoms with Gasteiger partial charge in [-0.3, -0.25) is 0 Å². The number of H-pyrrole nitrogens is 2. The minimum absolute atomic E-state index is 0.826. The third kappa shape index (κ3) is 2.94. The second-order valence-electron chi connectivity index (χ2n) is 9.06. The maximum atomic E-state index is 5.64. The predicted molar refractivity (Wildman–Crippen MR) is 149 cm³/mol. The summed E-state index contributed by atoms with van der Waals surface area (Å²) in [5.74, 6) is 1.65. The lowest BCUT2D eigenvalue weighted by atomic mass is 9.88. The number of hydrogen-bond acceptors (Lipinski definition) is 2. The van der Waals surface area contributed by atoms with E-state index in [0.717, 1.165) is 55.8 Å². The van der Waals surface area contributed by atoms with Crippen molar-refractivity contribution < 1.29 is 9.47 Å². The Morgan fingerprint density at radius 2 is 1.03 bits per heavy atom. The molecule has 0 aliphatic carbocycles. The summed E-state index contributed by atoms with van der Waals surface area (Å²) in [7, 11) is 3.42. The van der Waals surface area contributed by atoms with Gasteiger partial charge in [0.2, 0.25) is 0 Å². The summed E-state index contributed by atoms with van der Waals surface area (Å²) in [5.41, 5.74) is 8.96. The van der Waals surface area contributed by atoms with Gasteiger partial charge in [-0.15, -0.1) is 0 Å². The number of rotatable bonds is 4. The monoisotopic (exact) mass is 468 g/mol. The second-order valence-corrected chi connectivity index (χ2v) is 9.06. The molecular formula is C32H24N2O2. The van der Waals surface area contributed by atoms with Crippen LogP contribution in [0.3, 0.4) is 0 Å². The van der Waals surface area contributed by atoms with Gasteiger partial charge in [-0.1, -0.05) is 60.7 Å². The first kappa shape index (κ1) is 20.7. The van der Waals surface area contributed by atoms with Crippen LogP contribution in [0, 0.1) is 0 Å². The van der Waals surface area contributed by atoms with Crippen LogP contribution in [0.4, 0.5) is 0 Å². The van der Waals surface area contributed by atoms with E-state index in [1.165, 1.54) is 21.5 Å². The standard InChI is InChI=1S/C32H24N2O2/c1-35-21-11-7-9-19(17-21)27-28(20-10-8-12-22(18-20)36-2)31-30(24-14-4-6-16-26(24)33-31)32-29(27)23-13-3-5-15-25(23)34-32/h3-18,33-34H,1-2H3. The van der Waals surface area contributed by atoms with Crippen LogP contribution in [0.2, 0.25) is 0 Å². The van der Waals surface area contributed by atoms with Crippen molar-refractivity contribution in [1.29, 1.82) is 0 Å². The van der Waals surface area contributed by atoms with Crippen LogP contribution in [0.1, 0.15) is 0 Å². The topological polar surface area (TPSA) is 50.0 Å². The van der Waals surface area contributed by atoms with Gasteiger partial charge >= 0.3 is 0 Å². The molecule has 0 aliphatic rings. The smallest absolute Gasteiger partial charge is 0.119 e. The molecule has 7 rings (SSSR count). The Balaban J connectivity index is 1.79. The van der Waals surface area contributed by atoms with E-state index in [1.807, 2.05) is 12.1 Å². The Morgan fingerprint density at radius 3 is 1.64 bits per heavy atom. The Morgan fingerprint density at radius 1 is 0.500 bits per heavy atom. The van der Waals surface area contributed by atoms with Crippen LogP contribution in [-0.2, 0) is 0 Å². The molecule has 0 radical (unpaired) electrons. The van der Waals surface area contributed by atoms with Crippen LogP contribution in [0.5, 0.6) is 11.5 Å². The quantitative estimate of drug-likeness (QED) is 0.273. The zero-order valence-corrected chi connectivity index (χ0v) is 20.1. The molecule has 2 heterocycles. The van der Waals surface area contributed by atoms with Crippen molar-refractivity contribution in [3.63, 3.8) is 0 Å². The fraction of sp³-hybridized carbons (Fsp3) is 0.0625. The average Bonchev–Trinajstić information content (AvgIpc) is 3.51. The van der Waals surface area contributed by atoms with Gasteiger partial charge in [0.1, 0.15) is 11.5 Å². The van der Waals surface area contributed by atoms with Crippen molar-refractivity contribution in [1.82, 2.24) is 9.97 Å². The molecule has 0 bridgehead atoms. The second kappa shape index (κ2) is 7.92. The van der Waals surface area contributed by atoms with Crippen molar-refractivity contribution in [3.05, 3.63) is 97.1 Å². The first-order valence-electron chi connectivity index (χ1n) is 12.0. The summed E-state index contributed by atoms with van der Waals surface area (Å²) in [6, 6.07) is 33.7. The molecule has 0 atom stereocenters. The highest BCUT2D eigenvalue weighted by Crippen LogP contribution is 2.49. The highest BCUT2D eigenvalue weighted by molar-refractivity contribution is 6.32. The largest absolute Gasteiger partial charge is 0.497 e. The molecule has 7 aromatic rings. The van der Waals surface area contributed by atoms with Gasteiger partial charge in [0.25, 0.3) is 0 Å². The number of benzene rings is 5. The summed E-state index contributed by atoms with van der Waals surface area (Å²) < 4.78 is 11.3. The van der Waals surface area contributed by atoms with Crippen LogP contribution < -0.4 is 9.47 Å². The number of aromatic amines is 2. The Hall–Kier alpha value is -4.70. The van der Waals surface area contributed by atoms with E-state index in [4.69, 9.17) is 9.47 Å². The van der Waals surface area contributed by atoms with E-state index in [1.54, 1.807) is 14.2 Å². The van der Waals surface area contributed by atoms with E-state index in [0.29, 0.717) is 0 Å². The maximum absolute atomic E-state index is 5.64. The Labute approximate surface area is 208 Å². The lowest BCUT2D eigenvalue weighted by molar-refractivity contribution is 0.415. The fourth-order valence-electron chi connectivity index (χ4n) is 5.56. The zero-order chi connectivity index (χ0) is 24.2. The third-order valence-corrected chi connectivity index (χ3v) is 7.13. The van der Waals surface area contributed by atoms with Crippen molar-refractivity contribution in [2.45, 2.75) is 0 Å². The highest BCUT2D eigenvalue weighted by Gasteiger charge is 2.24. The molecule has 0 saturated carbocycles. The van der Waals surface area contributed by atoms with Gasteiger partial charge in [0.05, 0.1) is 25.3 Å². The molecule has 5 aromatic carbocycles. The molecule has 0 fully saturated rings. The summed E-state index contributed by atoms with van der Waals surface area (Å²) in [6.45, 7) is 0. The molecule has 0 amide bonds. The van der Waals surface area contributed by atoms with Crippen molar-refractivity contribution in [3.8, 4) is 33.8 Å². The van der Waals surface area contributed by atoms with Crippen LogP contribution in [-0.4, -0.2) is 24.2 Å². The molecule has 0 aliphatic heterocycles. The van der Waals surface area contributed by atoms with Crippen molar-refractivity contribution in [2.24, 2.45) is 0 Å². The molecule has 0 saturated heterocycles. The number of para-hydroxylation sites is 2. The number of methoxy groups -OCH3 is 2. The number of fused-ring (bicyclic) bond motifs is 7. The number of aromatic nitrogens is 2. The maximum Gasteiger partial charge on any atom is 0.119 e. The number of ether oxygens (including phenoxy) is 2. The highest BCUT2D eigenvalue weighted by atomic mass is 16.5. The lowest BCUT2D eigenvalue weighted by Gasteiger charge is -2.16. The molecule has 174 valence electrons. The molecule has 2 aromatic heterocycles. The number of nitrogens with one attached hydrogen (secondary N) is 2. The van der Waals surface area contributed by atoms with Gasteiger partial charge in [0, 0.05) is 43.7 Å². The normalized spacial score (nSPS) is 11.6. The van der Waals surface area contributed by atoms with E-state index >= 15 is 0 Å². The Bertz CT molecular complexity index is 1930. The number of hydrogen-bond donors (Lipinski definition) is 2. The molecule has 4 nitrogen and oxygen atoms in total.